The molecule has 22 heavy (non-hydrogen) atoms. The van der Waals surface area contributed by atoms with Crippen molar-refractivity contribution in [1.82, 2.24) is 14.0 Å². The zero-order valence-electron chi connectivity index (χ0n) is 13.6. The fraction of sp³-hybridized carbons (Fsp3) is 0.667. The molecule has 0 amide bonds. The lowest BCUT2D eigenvalue weighted by Gasteiger charge is -2.34. The van der Waals surface area contributed by atoms with E-state index in [0.29, 0.717) is 11.8 Å². The SMILES string of the molecule is C[C@@H]1C[C@H](C)CN(CC(=O)c2c(N)n(C)c(=O)n(C)c2=O)C1. The normalized spacial score (nSPS) is 22.7. The van der Waals surface area contributed by atoms with Crippen LogP contribution in [0, 0.1) is 11.8 Å². The number of carbonyl (C=O) groups excluding carboxylic acids is 1. The van der Waals surface area contributed by atoms with Gasteiger partial charge in [-0.3, -0.25) is 23.6 Å². The van der Waals surface area contributed by atoms with Gasteiger partial charge in [0.25, 0.3) is 5.56 Å². The molecule has 0 aromatic carbocycles. The highest BCUT2D eigenvalue weighted by Gasteiger charge is 2.26. The summed E-state index contributed by atoms with van der Waals surface area (Å²) in [4.78, 5) is 38.6. The fourth-order valence-corrected chi connectivity index (χ4v) is 3.33. The van der Waals surface area contributed by atoms with Crippen LogP contribution in [0.1, 0.15) is 30.6 Å². The topological polar surface area (TPSA) is 90.3 Å². The lowest BCUT2D eigenvalue weighted by molar-refractivity contribution is 0.0847. The van der Waals surface area contributed by atoms with Crippen molar-refractivity contribution in [3.63, 3.8) is 0 Å². The molecular formula is C15H24N4O3. The van der Waals surface area contributed by atoms with Gasteiger partial charge in [-0.1, -0.05) is 13.8 Å². The van der Waals surface area contributed by atoms with Crippen molar-refractivity contribution in [3.05, 3.63) is 26.4 Å². The highest BCUT2D eigenvalue weighted by Crippen LogP contribution is 2.21. The quantitative estimate of drug-likeness (QED) is 0.783. The predicted molar refractivity (Wildman–Crippen MR) is 85.1 cm³/mol. The molecular weight excluding hydrogens is 284 g/mol. The molecule has 1 aliphatic heterocycles. The number of aromatic nitrogens is 2. The van der Waals surface area contributed by atoms with Crippen LogP contribution >= 0.6 is 0 Å². The second kappa shape index (κ2) is 6.08. The molecule has 1 saturated heterocycles. The van der Waals surface area contributed by atoms with Crippen LogP contribution in [0.15, 0.2) is 9.59 Å². The summed E-state index contributed by atoms with van der Waals surface area (Å²) in [5.74, 6) is 0.667. The Morgan fingerprint density at radius 2 is 1.68 bits per heavy atom. The van der Waals surface area contributed by atoms with Crippen LogP contribution in [0.4, 0.5) is 5.82 Å². The van der Waals surface area contributed by atoms with Crippen molar-refractivity contribution >= 4 is 11.6 Å². The van der Waals surface area contributed by atoms with E-state index in [9.17, 15) is 14.4 Å². The number of ketones is 1. The van der Waals surface area contributed by atoms with Gasteiger partial charge in [0.2, 0.25) is 0 Å². The van der Waals surface area contributed by atoms with Gasteiger partial charge in [0, 0.05) is 27.2 Å². The first kappa shape index (κ1) is 16.5. The van der Waals surface area contributed by atoms with Gasteiger partial charge in [-0.15, -0.1) is 0 Å². The fourth-order valence-electron chi connectivity index (χ4n) is 3.33. The average Bonchev–Trinajstić information content (AvgIpc) is 2.42. The predicted octanol–water partition coefficient (Wildman–Crippen LogP) is -0.173. The molecule has 7 heteroatoms. The van der Waals surface area contributed by atoms with Crippen molar-refractivity contribution in [2.45, 2.75) is 20.3 Å². The van der Waals surface area contributed by atoms with Crippen molar-refractivity contribution in [1.29, 1.82) is 0 Å². The molecule has 0 saturated carbocycles. The molecule has 0 aliphatic carbocycles. The maximum absolute atomic E-state index is 12.5. The molecule has 1 aromatic rings. The first-order valence-electron chi connectivity index (χ1n) is 7.53. The summed E-state index contributed by atoms with van der Waals surface area (Å²) >= 11 is 0. The lowest BCUT2D eigenvalue weighted by Crippen LogP contribution is -2.45. The molecule has 1 aliphatic rings. The largest absolute Gasteiger partial charge is 0.384 e. The Kier molecular flexibility index (Phi) is 4.55. The van der Waals surface area contributed by atoms with Gasteiger partial charge >= 0.3 is 5.69 Å². The Hall–Kier alpha value is -1.89. The van der Waals surface area contributed by atoms with E-state index < -0.39 is 11.2 Å². The minimum Gasteiger partial charge on any atom is -0.384 e. The molecule has 0 unspecified atom stereocenters. The molecule has 0 bridgehead atoms. The number of hydrogen-bond donors (Lipinski definition) is 1. The number of piperidine rings is 1. The van der Waals surface area contributed by atoms with Crippen molar-refractivity contribution in [2.75, 3.05) is 25.4 Å². The smallest absolute Gasteiger partial charge is 0.332 e. The minimum atomic E-state index is -0.622. The van der Waals surface area contributed by atoms with E-state index in [1.165, 1.54) is 14.1 Å². The van der Waals surface area contributed by atoms with E-state index in [1.54, 1.807) is 0 Å². The van der Waals surface area contributed by atoms with Gasteiger partial charge in [0.1, 0.15) is 11.4 Å². The summed E-state index contributed by atoms with van der Waals surface area (Å²) in [6.45, 7) is 6.15. The molecule has 1 aromatic heterocycles. The Labute approximate surface area is 129 Å². The molecule has 2 N–H and O–H groups in total. The van der Waals surface area contributed by atoms with Crippen LogP contribution in [-0.4, -0.2) is 39.5 Å². The van der Waals surface area contributed by atoms with Gasteiger partial charge < -0.3 is 5.73 Å². The standard InChI is InChI=1S/C15H24N4O3/c1-9-5-10(2)7-19(6-9)8-11(20)12-13(16)17(3)15(22)18(4)14(12)21/h9-10H,5-8,16H2,1-4H3/t9-,10+. The number of nitrogens with two attached hydrogens (primary N) is 1. The van der Waals surface area contributed by atoms with Crippen molar-refractivity contribution in [3.8, 4) is 0 Å². The summed E-state index contributed by atoms with van der Waals surface area (Å²) in [5.41, 5.74) is 4.59. The summed E-state index contributed by atoms with van der Waals surface area (Å²) in [6.07, 6.45) is 1.15. The Morgan fingerprint density at radius 3 is 2.23 bits per heavy atom. The Morgan fingerprint density at radius 1 is 1.14 bits per heavy atom. The van der Waals surface area contributed by atoms with Crippen LogP contribution in [0.2, 0.25) is 0 Å². The highest BCUT2D eigenvalue weighted by molar-refractivity contribution is 6.01. The van der Waals surface area contributed by atoms with Gasteiger partial charge in [-0.25, -0.2) is 4.79 Å². The third-order valence-corrected chi connectivity index (χ3v) is 4.30. The maximum Gasteiger partial charge on any atom is 0.332 e. The number of anilines is 1. The zero-order chi connectivity index (χ0) is 16.6. The average molecular weight is 308 g/mol. The lowest BCUT2D eigenvalue weighted by atomic mass is 9.91. The van der Waals surface area contributed by atoms with Gasteiger partial charge in [0.15, 0.2) is 5.78 Å². The number of rotatable bonds is 3. The molecule has 2 heterocycles. The van der Waals surface area contributed by atoms with Crippen LogP contribution in [0.3, 0.4) is 0 Å². The monoisotopic (exact) mass is 308 g/mol. The Bertz CT molecular complexity index is 694. The highest BCUT2D eigenvalue weighted by atomic mass is 16.2. The number of carbonyl (C=O) groups is 1. The van der Waals surface area contributed by atoms with Gasteiger partial charge in [-0.05, 0) is 18.3 Å². The minimum absolute atomic E-state index is 0.0591. The van der Waals surface area contributed by atoms with Crippen LogP contribution in [-0.2, 0) is 14.1 Å². The molecule has 0 radical (unpaired) electrons. The van der Waals surface area contributed by atoms with E-state index in [4.69, 9.17) is 5.73 Å². The first-order chi connectivity index (χ1) is 10.2. The molecule has 2 rings (SSSR count). The van der Waals surface area contributed by atoms with E-state index in [-0.39, 0.29) is 23.7 Å². The van der Waals surface area contributed by atoms with Crippen molar-refractivity contribution < 1.29 is 4.79 Å². The third-order valence-electron chi connectivity index (χ3n) is 4.30. The summed E-state index contributed by atoms with van der Waals surface area (Å²) in [7, 11) is 2.81. The van der Waals surface area contributed by atoms with E-state index in [1.807, 2.05) is 0 Å². The summed E-state index contributed by atoms with van der Waals surface area (Å²) in [6, 6.07) is 0. The van der Waals surface area contributed by atoms with E-state index in [2.05, 4.69) is 18.7 Å². The molecule has 7 nitrogen and oxygen atoms in total. The van der Waals surface area contributed by atoms with Gasteiger partial charge in [0.05, 0.1) is 6.54 Å². The maximum atomic E-state index is 12.5. The third kappa shape index (κ3) is 2.99. The number of hydrogen-bond acceptors (Lipinski definition) is 5. The molecule has 1 fully saturated rings. The summed E-state index contributed by atoms with van der Waals surface area (Å²) in [5, 5.41) is 0. The van der Waals surface area contributed by atoms with Crippen LogP contribution < -0.4 is 17.0 Å². The number of likely N-dealkylation sites (tertiary alicyclic amines) is 1. The second-order valence-corrected chi connectivity index (χ2v) is 6.53. The first-order valence-corrected chi connectivity index (χ1v) is 7.53. The summed E-state index contributed by atoms with van der Waals surface area (Å²) < 4.78 is 2.06. The second-order valence-electron chi connectivity index (χ2n) is 6.53. The number of Topliss-reactive ketones (excluding diaryl/α,β-unsaturated/α-hetero) is 1. The van der Waals surface area contributed by atoms with E-state index in [0.717, 1.165) is 28.6 Å². The Balaban J connectivity index is 2.31. The van der Waals surface area contributed by atoms with E-state index >= 15 is 0 Å². The van der Waals surface area contributed by atoms with Gasteiger partial charge in [-0.2, -0.15) is 0 Å². The molecule has 2 atom stereocenters. The zero-order valence-corrected chi connectivity index (χ0v) is 13.6. The number of nitrogen functional groups attached to an aromatic ring is 1. The molecule has 122 valence electrons. The van der Waals surface area contributed by atoms with Crippen LogP contribution in [0.25, 0.3) is 0 Å². The van der Waals surface area contributed by atoms with Crippen molar-refractivity contribution in [2.24, 2.45) is 25.9 Å². The molecule has 0 spiro atoms. The van der Waals surface area contributed by atoms with Crippen LogP contribution in [0.5, 0.6) is 0 Å². The number of nitrogens with zero attached hydrogens (tertiary/aromatic N) is 3.